The lowest BCUT2D eigenvalue weighted by Gasteiger charge is -2.28. The molecule has 0 bridgehead atoms. The Bertz CT molecular complexity index is 1060. The molecule has 0 atom stereocenters. The summed E-state index contributed by atoms with van der Waals surface area (Å²) in [6.07, 6.45) is -2.99. The Morgan fingerprint density at radius 3 is 2.64 bits per heavy atom. The molecule has 11 heteroatoms. The molecule has 146 valence electrons. The monoisotopic (exact) mass is 410 g/mol. The maximum Gasteiger partial charge on any atom is 0.417 e. The molecule has 0 saturated carbocycles. The van der Waals surface area contributed by atoms with Gasteiger partial charge < -0.3 is 9.47 Å². The zero-order valence-electron chi connectivity index (χ0n) is 14.6. The normalized spacial score (nSPS) is 14.2. The van der Waals surface area contributed by atoms with Crippen LogP contribution in [0.5, 0.6) is 0 Å². The summed E-state index contributed by atoms with van der Waals surface area (Å²) in [6, 6.07) is 5.12. The van der Waals surface area contributed by atoms with Gasteiger partial charge in [0.15, 0.2) is 11.6 Å². The molecular weight excluding hydrogens is 397 g/mol. The Hall–Kier alpha value is -2.88. The molecule has 28 heavy (non-hydrogen) atoms. The minimum absolute atomic E-state index is 0.121. The van der Waals surface area contributed by atoms with Gasteiger partial charge in [-0.3, -0.25) is 9.48 Å². The van der Waals surface area contributed by atoms with Crippen LogP contribution in [-0.4, -0.2) is 41.9 Å². The van der Waals surface area contributed by atoms with Gasteiger partial charge in [0.1, 0.15) is 5.69 Å². The maximum atomic E-state index is 13.1. The molecule has 0 unspecified atom stereocenters. The molecule has 1 aliphatic heterocycles. The molecule has 0 radical (unpaired) electrons. The van der Waals surface area contributed by atoms with Crippen LogP contribution < -0.4 is 0 Å². The Kier molecular flexibility index (Phi) is 4.37. The molecule has 1 aromatic carbocycles. The van der Waals surface area contributed by atoms with Crippen LogP contribution in [0.15, 0.2) is 30.5 Å². The number of hydrogen-bond donors (Lipinski definition) is 0. The van der Waals surface area contributed by atoms with Crippen LogP contribution >= 0.6 is 11.6 Å². The predicted octanol–water partition coefficient (Wildman–Crippen LogP) is 3.01. The topological polar surface area (TPSA) is 68.8 Å². The van der Waals surface area contributed by atoms with Crippen LogP contribution in [0, 0.1) is 0 Å². The number of hydrogen-bond acceptors (Lipinski definition) is 4. The van der Waals surface area contributed by atoms with E-state index in [4.69, 9.17) is 11.6 Å². The number of nitrogens with zero attached hydrogens (tertiary/aromatic N) is 6. The maximum absolute atomic E-state index is 13.1. The van der Waals surface area contributed by atoms with E-state index in [0.717, 1.165) is 11.8 Å². The molecule has 3 heterocycles. The molecule has 4 rings (SSSR count). The van der Waals surface area contributed by atoms with Crippen molar-refractivity contribution in [3.05, 3.63) is 52.4 Å². The highest BCUT2D eigenvalue weighted by molar-refractivity contribution is 6.34. The predicted molar refractivity (Wildman–Crippen MR) is 93.4 cm³/mol. The highest BCUT2D eigenvalue weighted by Crippen LogP contribution is 2.36. The van der Waals surface area contributed by atoms with E-state index in [-0.39, 0.29) is 12.1 Å². The number of rotatable bonds is 2. The highest BCUT2D eigenvalue weighted by Gasteiger charge is 2.36. The number of carbonyl (C=O) groups is 1. The van der Waals surface area contributed by atoms with Gasteiger partial charge in [-0.2, -0.15) is 18.3 Å². The Labute approximate surface area is 162 Å². The number of amides is 1. The first-order valence-electron chi connectivity index (χ1n) is 8.33. The second-order valence-electron chi connectivity index (χ2n) is 6.32. The van der Waals surface area contributed by atoms with Crippen LogP contribution in [0.3, 0.4) is 0 Å². The summed E-state index contributed by atoms with van der Waals surface area (Å²) < 4.78 is 42.7. The van der Waals surface area contributed by atoms with Crippen molar-refractivity contribution in [2.45, 2.75) is 19.3 Å². The molecule has 3 aromatic rings. The highest BCUT2D eigenvalue weighted by atomic mass is 35.5. The molecule has 0 N–H and O–H groups in total. The van der Waals surface area contributed by atoms with E-state index in [2.05, 4.69) is 15.3 Å². The fraction of sp³-hybridized carbons (Fsp3) is 0.294. The standard InChI is InChI=1S/C17H14ClF3N6O/c1-25-12(5-6-22-25)15-24-23-13-9-26(7-8-27(13)15)16(28)10-3-2-4-11(14(10)18)17(19,20)21/h2-6H,7-9H2,1H3. The fourth-order valence-electron chi connectivity index (χ4n) is 3.20. The van der Waals surface area contributed by atoms with Crippen molar-refractivity contribution in [2.24, 2.45) is 7.05 Å². The average Bonchev–Trinajstić information content (AvgIpc) is 3.25. The van der Waals surface area contributed by atoms with Gasteiger partial charge in [-0.15, -0.1) is 10.2 Å². The summed E-state index contributed by atoms with van der Waals surface area (Å²) in [6.45, 7) is 0.822. The summed E-state index contributed by atoms with van der Waals surface area (Å²) in [7, 11) is 1.78. The second kappa shape index (κ2) is 6.62. The van der Waals surface area contributed by atoms with E-state index in [9.17, 15) is 18.0 Å². The van der Waals surface area contributed by atoms with Crippen molar-refractivity contribution in [1.29, 1.82) is 0 Å². The number of aryl methyl sites for hydroxylation is 1. The molecule has 0 saturated heterocycles. The summed E-state index contributed by atoms with van der Waals surface area (Å²) in [5, 5.41) is 11.8. The zero-order valence-corrected chi connectivity index (χ0v) is 15.4. The van der Waals surface area contributed by atoms with Crippen molar-refractivity contribution in [3.8, 4) is 11.5 Å². The number of carbonyl (C=O) groups excluding carboxylic acids is 1. The largest absolute Gasteiger partial charge is 0.417 e. The van der Waals surface area contributed by atoms with E-state index in [1.54, 1.807) is 24.0 Å². The van der Waals surface area contributed by atoms with Gasteiger partial charge in [-0.25, -0.2) is 0 Å². The third-order valence-corrected chi connectivity index (χ3v) is 5.03. The van der Waals surface area contributed by atoms with Crippen LogP contribution in [0.1, 0.15) is 21.7 Å². The van der Waals surface area contributed by atoms with Crippen LogP contribution in [0.25, 0.3) is 11.5 Å². The van der Waals surface area contributed by atoms with Gasteiger partial charge in [0, 0.05) is 26.3 Å². The lowest BCUT2D eigenvalue weighted by molar-refractivity contribution is -0.137. The van der Waals surface area contributed by atoms with Crippen LogP contribution in [-0.2, 0) is 26.3 Å². The lowest BCUT2D eigenvalue weighted by atomic mass is 10.1. The lowest BCUT2D eigenvalue weighted by Crippen LogP contribution is -2.38. The zero-order chi connectivity index (χ0) is 20.1. The SMILES string of the molecule is Cn1nccc1-c1nnc2n1CCN(C(=O)c1cccc(C(F)(F)F)c1Cl)C2. The molecule has 1 aliphatic rings. The van der Waals surface area contributed by atoms with Gasteiger partial charge in [-0.05, 0) is 18.2 Å². The van der Waals surface area contributed by atoms with E-state index >= 15 is 0 Å². The van der Waals surface area contributed by atoms with Crippen LogP contribution in [0.2, 0.25) is 5.02 Å². The van der Waals surface area contributed by atoms with Gasteiger partial charge in [-0.1, -0.05) is 17.7 Å². The molecule has 1 amide bonds. The number of fused-ring (bicyclic) bond motifs is 1. The van der Waals surface area contributed by atoms with Crippen molar-refractivity contribution >= 4 is 17.5 Å². The molecular formula is C17H14ClF3N6O. The van der Waals surface area contributed by atoms with Crippen LogP contribution in [0.4, 0.5) is 13.2 Å². The Morgan fingerprint density at radius 1 is 1.18 bits per heavy atom. The number of aromatic nitrogens is 5. The number of halogens is 4. The van der Waals surface area contributed by atoms with E-state index in [0.29, 0.717) is 24.7 Å². The molecule has 0 aliphatic carbocycles. The third kappa shape index (κ3) is 3.03. The smallest absolute Gasteiger partial charge is 0.329 e. The minimum Gasteiger partial charge on any atom is -0.329 e. The van der Waals surface area contributed by atoms with Crippen molar-refractivity contribution < 1.29 is 18.0 Å². The van der Waals surface area contributed by atoms with Gasteiger partial charge in [0.05, 0.1) is 22.7 Å². The minimum atomic E-state index is -4.63. The number of benzene rings is 1. The fourth-order valence-corrected chi connectivity index (χ4v) is 3.51. The summed E-state index contributed by atoms with van der Waals surface area (Å²) >= 11 is 5.89. The van der Waals surface area contributed by atoms with E-state index in [1.807, 2.05) is 4.57 Å². The molecule has 0 fully saturated rings. The molecule has 7 nitrogen and oxygen atoms in total. The summed E-state index contributed by atoms with van der Waals surface area (Å²) in [5.41, 5.74) is -0.436. The van der Waals surface area contributed by atoms with Gasteiger partial charge in [0.2, 0.25) is 0 Å². The molecule has 0 spiro atoms. The first kappa shape index (κ1) is 18.5. The summed E-state index contributed by atoms with van der Waals surface area (Å²) in [4.78, 5) is 14.2. The van der Waals surface area contributed by atoms with Gasteiger partial charge >= 0.3 is 6.18 Å². The average molecular weight is 411 g/mol. The Morgan fingerprint density at radius 2 is 1.96 bits per heavy atom. The molecule has 2 aromatic heterocycles. The first-order valence-corrected chi connectivity index (χ1v) is 8.70. The quantitative estimate of drug-likeness (QED) is 0.651. The second-order valence-corrected chi connectivity index (χ2v) is 6.70. The van der Waals surface area contributed by atoms with Crippen molar-refractivity contribution in [2.75, 3.05) is 6.54 Å². The first-order chi connectivity index (χ1) is 13.3. The number of alkyl halides is 3. The van der Waals surface area contributed by atoms with Crippen molar-refractivity contribution in [1.82, 2.24) is 29.4 Å². The Balaban J connectivity index is 1.62. The van der Waals surface area contributed by atoms with E-state index in [1.165, 1.54) is 17.0 Å². The third-order valence-electron chi connectivity index (χ3n) is 4.62. The van der Waals surface area contributed by atoms with Gasteiger partial charge in [0.25, 0.3) is 5.91 Å². The van der Waals surface area contributed by atoms with E-state index < -0.39 is 22.7 Å². The van der Waals surface area contributed by atoms with Crippen molar-refractivity contribution in [3.63, 3.8) is 0 Å². The summed E-state index contributed by atoms with van der Waals surface area (Å²) in [5.74, 6) is 0.588.